The van der Waals surface area contributed by atoms with E-state index in [1.165, 1.54) is 9.75 Å². The second-order valence-corrected chi connectivity index (χ2v) is 8.52. The van der Waals surface area contributed by atoms with Gasteiger partial charge in [-0.15, -0.1) is 11.3 Å². The van der Waals surface area contributed by atoms with E-state index in [-0.39, 0.29) is 11.5 Å². The molecule has 1 aromatic heterocycles. The Hall–Kier alpha value is -0.840. The van der Waals surface area contributed by atoms with E-state index in [9.17, 15) is 5.11 Å². The fourth-order valence-corrected chi connectivity index (χ4v) is 4.01. The van der Waals surface area contributed by atoms with Crippen LogP contribution in [0.1, 0.15) is 54.7 Å². The van der Waals surface area contributed by atoms with Gasteiger partial charge in [0.15, 0.2) is 0 Å². The van der Waals surface area contributed by atoms with Crippen molar-refractivity contribution in [3.8, 4) is 5.75 Å². The molecule has 0 radical (unpaired) electrons. The summed E-state index contributed by atoms with van der Waals surface area (Å²) < 4.78 is 7.07. The monoisotopic (exact) mass is 366 g/mol. The van der Waals surface area contributed by atoms with Crippen molar-refractivity contribution in [3.63, 3.8) is 0 Å². The number of benzene rings is 1. The lowest BCUT2D eigenvalue weighted by atomic mass is 9.95. The van der Waals surface area contributed by atoms with Gasteiger partial charge >= 0.3 is 0 Å². The number of aliphatic hydroxyl groups excluding tert-OH is 1. The van der Waals surface area contributed by atoms with Crippen molar-refractivity contribution in [2.75, 3.05) is 0 Å². The van der Waals surface area contributed by atoms with Gasteiger partial charge in [-0.3, -0.25) is 0 Å². The molecule has 1 unspecified atom stereocenters. The van der Waals surface area contributed by atoms with E-state index in [1.54, 1.807) is 11.3 Å². The summed E-state index contributed by atoms with van der Waals surface area (Å²) in [6.45, 7) is 6.64. The van der Waals surface area contributed by atoms with Crippen molar-refractivity contribution in [2.45, 2.75) is 44.8 Å². The Labute approximate surface area is 137 Å². The largest absolute Gasteiger partial charge is 0.484 e. The molecule has 0 saturated carbocycles. The van der Waals surface area contributed by atoms with Crippen LogP contribution in [-0.4, -0.2) is 5.11 Å². The maximum Gasteiger partial charge on any atom is 0.136 e. The van der Waals surface area contributed by atoms with Crippen LogP contribution < -0.4 is 4.74 Å². The molecule has 0 saturated heterocycles. The highest BCUT2D eigenvalue weighted by Gasteiger charge is 2.30. The van der Waals surface area contributed by atoms with E-state index >= 15 is 0 Å². The first-order chi connectivity index (χ1) is 9.84. The molecule has 1 aliphatic heterocycles. The molecule has 1 aliphatic rings. The molecule has 2 atom stereocenters. The van der Waals surface area contributed by atoms with E-state index in [2.05, 4.69) is 48.8 Å². The van der Waals surface area contributed by atoms with E-state index in [4.69, 9.17) is 4.74 Å². The van der Waals surface area contributed by atoms with Crippen LogP contribution in [0, 0.1) is 0 Å². The van der Waals surface area contributed by atoms with Gasteiger partial charge in [0.25, 0.3) is 0 Å². The maximum absolute atomic E-state index is 10.4. The maximum atomic E-state index is 10.4. The van der Waals surface area contributed by atoms with Gasteiger partial charge in [0.2, 0.25) is 0 Å². The summed E-state index contributed by atoms with van der Waals surface area (Å²) in [4.78, 5) is 2.53. The van der Waals surface area contributed by atoms with Crippen LogP contribution in [0.2, 0.25) is 0 Å². The molecule has 0 bridgehead atoms. The first-order valence-corrected chi connectivity index (χ1v) is 8.70. The third-order valence-electron chi connectivity index (χ3n) is 3.72. The zero-order chi connectivity index (χ0) is 15.2. The number of aliphatic hydroxyl groups is 1. The summed E-state index contributed by atoms with van der Waals surface area (Å²) in [6, 6.07) is 10.1. The molecule has 1 N–H and O–H groups in total. The number of hydrogen-bond acceptors (Lipinski definition) is 3. The van der Waals surface area contributed by atoms with Crippen LogP contribution in [0.3, 0.4) is 0 Å². The lowest BCUT2D eigenvalue weighted by Gasteiger charge is -2.29. The van der Waals surface area contributed by atoms with E-state index in [0.29, 0.717) is 6.42 Å². The van der Waals surface area contributed by atoms with Crippen LogP contribution in [0.5, 0.6) is 5.75 Å². The van der Waals surface area contributed by atoms with Crippen LogP contribution >= 0.6 is 27.3 Å². The molecular formula is C17H19BrO2S. The van der Waals surface area contributed by atoms with Crippen LogP contribution in [-0.2, 0) is 5.41 Å². The van der Waals surface area contributed by atoms with Crippen molar-refractivity contribution in [1.29, 1.82) is 0 Å². The highest BCUT2D eigenvalue weighted by molar-refractivity contribution is 9.10. The molecule has 21 heavy (non-hydrogen) atoms. The van der Waals surface area contributed by atoms with Crippen LogP contribution in [0.25, 0.3) is 0 Å². The SMILES string of the molecule is CC(C)(C)c1ccc(C2C[C@H](O)c3cc(Br)ccc3O2)s1. The predicted octanol–water partition coefficient (Wildman–Crippen LogP) is 5.37. The lowest BCUT2D eigenvalue weighted by Crippen LogP contribution is -2.18. The van der Waals surface area contributed by atoms with Gasteiger partial charge in [-0.25, -0.2) is 0 Å². The smallest absolute Gasteiger partial charge is 0.136 e. The van der Waals surface area contributed by atoms with E-state index in [0.717, 1.165) is 15.8 Å². The summed E-state index contributed by atoms with van der Waals surface area (Å²) >= 11 is 5.22. The highest BCUT2D eigenvalue weighted by Crippen LogP contribution is 2.44. The molecule has 1 aromatic carbocycles. The number of hydrogen-bond donors (Lipinski definition) is 1. The molecule has 112 valence electrons. The molecule has 2 nitrogen and oxygen atoms in total. The molecular weight excluding hydrogens is 348 g/mol. The first kappa shape index (κ1) is 15.1. The fourth-order valence-electron chi connectivity index (χ4n) is 2.52. The minimum atomic E-state index is -0.476. The Morgan fingerprint density at radius 2 is 2.00 bits per heavy atom. The Morgan fingerprint density at radius 1 is 1.24 bits per heavy atom. The number of fused-ring (bicyclic) bond motifs is 1. The van der Waals surface area contributed by atoms with Crippen molar-refractivity contribution < 1.29 is 9.84 Å². The number of rotatable bonds is 1. The summed E-state index contributed by atoms with van der Waals surface area (Å²) in [6.07, 6.45) is 0.0688. The molecule has 2 aromatic rings. The second-order valence-electron chi connectivity index (χ2n) is 6.49. The van der Waals surface area contributed by atoms with Gasteiger partial charge in [0, 0.05) is 26.2 Å². The summed E-state index contributed by atoms with van der Waals surface area (Å²) in [5.74, 6) is 0.785. The third-order valence-corrected chi connectivity index (χ3v) is 5.82. The first-order valence-electron chi connectivity index (χ1n) is 7.09. The van der Waals surface area contributed by atoms with Gasteiger partial charge in [0.05, 0.1) is 6.10 Å². The van der Waals surface area contributed by atoms with Gasteiger partial charge in [-0.1, -0.05) is 36.7 Å². The molecule has 0 aliphatic carbocycles. The highest BCUT2D eigenvalue weighted by atomic mass is 79.9. The van der Waals surface area contributed by atoms with Crippen LogP contribution in [0.4, 0.5) is 0 Å². The van der Waals surface area contributed by atoms with Crippen LogP contribution in [0.15, 0.2) is 34.8 Å². The van der Waals surface area contributed by atoms with Crippen molar-refractivity contribution in [3.05, 3.63) is 50.1 Å². The summed E-state index contributed by atoms with van der Waals surface area (Å²) in [5, 5.41) is 10.4. The Bertz CT molecular complexity index is 657. The summed E-state index contributed by atoms with van der Waals surface area (Å²) in [7, 11) is 0. The Morgan fingerprint density at radius 3 is 2.67 bits per heavy atom. The Balaban J connectivity index is 1.89. The second kappa shape index (κ2) is 5.41. The van der Waals surface area contributed by atoms with Crippen molar-refractivity contribution in [2.24, 2.45) is 0 Å². The molecule has 4 heteroatoms. The standard InChI is InChI=1S/C17H19BrO2S/c1-17(2,3)16-7-6-15(21-16)14-9-12(19)11-8-10(18)4-5-13(11)20-14/h4-8,12,14,19H,9H2,1-3H3/t12-,14?/m0/s1. The molecule has 0 amide bonds. The third kappa shape index (κ3) is 3.03. The molecule has 0 fully saturated rings. The molecule has 2 heterocycles. The van der Waals surface area contributed by atoms with Gasteiger partial charge in [-0.05, 0) is 35.7 Å². The van der Waals surface area contributed by atoms with E-state index < -0.39 is 6.10 Å². The molecule has 0 spiro atoms. The minimum absolute atomic E-state index is 0.0604. The number of halogens is 1. The minimum Gasteiger partial charge on any atom is -0.484 e. The Kier molecular flexibility index (Phi) is 3.89. The zero-order valence-electron chi connectivity index (χ0n) is 12.4. The zero-order valence-corrected chi connectivity index (χ0v) is 14.8. The topological polar surface area (TPSA) is 29.5 Å². The summed E-state index contributed by atoms with van der Waals surface area (Å²) in [5.41, 5.74) is 1.02. The fraction of sp³-hybridized carbons (Fsp3) is 0.412. The van der Waals surface area contributed by atoms with Gasteiger partial charge in [-0.2, -0.15) is 0 Å². The number of thiophene rings is 1. The average molecular weight is 367 g/mol. The number of ether oxygens (including phenoxy) is 1. The quantitative estimate of drug-likeness (QED) is 0.735. The van der Waals surface area contributed by atoms with E-state index in [1.807, 2.05) is 18.2 Å². The normalized spacial score (nSPS) is 21.8. The average Bonchev–Trinajstić information content (AvgIpc) is 2.89. The van der Waals surface area contributed by atoms with Gasteiger partial charge in [0.1, 0.15) is 11.9 Å². The van der Waals surface area contributed by atoms with Crippen molar-refractivity contribution >= 4 is 27.3 Å². The molecule has 3 rings (SSSR count). The van der Waals surface area contributed by atoms with Crippen molar-refractivity contribution in [1.82, 2.24) is 0 Å². The lowest BCUT2D eigenvalue weighted by molar-refractivity contribution is 0.0674. The predicted molar refractivity (Wildman–Crippen MR) is 90.1 cm³/mol. The van der Waals surface area contributed by atoms with Gasteiger partial charge < -0.3 is 9.84 Å².